The Morgan fingerprint density at radius 3 is 2.88 bits per heavy atom. The molecular formula is C10H12ClN3O2. The Morgan fingerprint density at radius 2 is 2.31 bits per heavy atom. The lowest BCUT2D eigenvalue weighted by molar-refractivity contribution is -0.384. The molecule has 1 N–H and O–H groups in total. The van der Waals surface area contributed by atoms with Gasteiger partial charge in [0.2, 0.25) is 5.82 Å². The van der Waals surface area contributed by atoms with Gasteiger partial charge in [-0.1, -0.05) is 23.3 Å². The molecule has 0 radical (unpaired) electrons. The van der Waals surface area contributed by atoms with E-state index in [1.807, 2.05) is 19.9 Å². The summed E-state index contributed by atoms with van der Waals surface area (Å²) >= 11 is 5.67. The van der Waals surface area contributed by atoms with Gasteiger partial charge >= 0.3 is 5.69 Å². The maximum Gasteiger partial charge on any atom is 0.311 e. The van der Waals surface area contributed by atoms with Crippen molar-refractivity contribution in [3.8, 4) is 0 Å². The summed E-state index contributed by atoms with van der Waals surface area (Å²) < 4.78 is 0. The summed E-state index contributed by atoms with van der Waals surface area (Å²) in [6.07, 6.45) is 1.91. The maximum atomic E-state index is 10.7. The van der Waals surface area contributed by atoms with Crippen molar-refractivity contribution in [2.24, 2.45) is 0 Å². The highest BCUT2D eigenvalue weighted by atomic mass is 35.5. The van der Waals surface area contributed by atoms with E-state index in [1.165, 1.54) is 12.1 Å². The van der Waals surface area contributed by atoms with E-state index in [0.717, 1.165) is 5.57 Å². The van der Waals surface area contributed by atoms with E-state index >= 15 is 0 Å². The first-order chi connectivity index (χ1) is 7.50. The van der Waals surface area contributed by atoms with Gasteiger partial charge in [0, 0.05) is 12.6 Å². The van der Waals surface area contributed by atoms with Crippen molar-refractivity contribution in [2.75, 3.05) is 11.9 Å². The van der Waals surface area contributed by atoms with Gasteiger partial charge in [-0.15, -0.1) is 0 Å². The minimum Gasteiger partial charge on any atom is -0.361 e. The molecule has 0 saturated carbocycles. The minimum absolute atomic E-state index is 0.0773. The molecule has 1 aromatic heterocycles. The summed E-state index contributed by atoms with van der Waals surface area (Å²) in [4.78, 5) is 14.1. The van der Waals surface area contributed by atoms with Crippen molar-refractivity contribution >= 4 is 23.1 Å². The lowest BCUT2D eigenvalue weighted by Gasteiger charge is -2.04. The predicted molar refractivity (Wildman–Crippen MR) is 63.8 cm³/mol. The van der Waals surface area contributed by atoms with Gasteiger partial charge in [-0.3, -0.25) is 10.1 Å². The average Bonchev–Trinajstić information content (AvgIpc) is 2.16. The van der Waals surface area contributed by atoms with Crippen LogP contribution in [0.4, 0.5) is 11.5 Å². The van der Waals surface area contributed by atoms with Crippen LogP contribution in [0.5, 0.6) is 0 Å². The molecule has 0 aliphatic carbocycles. The fraction of sp³-hybridized carbons (Fsp3) is 0.300. The minimum atomic E-state index is -0.492. The molecule has 0 fully saturated rings. The van der Waals surface area contributed by atoms with Gasteiger partial charge in [-0.05, 0) is 19.9 Å². The molecule has 0 atom stereocenters. The topological polar surface area (TPSA) is 68.1 Å². The first-order valence-electron chi connectivity index (χ1n) is 4.69. The zero-order valence-electron chi connectivity index (χ0n) is 9.03. The van der Waals surface area contributed by atoms with E-state index in [9.17, 15) is 10.1 Å². The van der Waals surface area contributed by atoms with Crippen LogP contribution in [0.15, 0.2) is 23.8 Å². The van der Waals surface area contributed by atoms with E-state index in [1.54, 1.807) is 0 Å². The molecule has 1 aromatic rings. The summed E-state index contributed by atoms with van der Waals surface area (Å²) in [5.74, 6) is 0.190. The Labute approximate surface area is 98.3 Å². The van der Waals surface area contributed by atoms with Crippen LogP contribution in [0.1, 0.15) is 13.8 Å². The smallest absolute Gasteiger partial charge is 0.311 e. The predicted octanol–water partition coefficient (Wildman–Crippen LogP) is 3.02. The normalized spacial score (nSPS) is 9.69. The van der Waals surface area contributed by atoms with Crippen molar-refractivity contribution in [2.45, 2.75) is 13.8 Å². The number of nitro groups is 1. The van der Waals surface area contributed by atoms with Crippen molar-refractivity contribution in [3.63, 3.8) is 0 Å². The Morgan fingerprint density at radius 1 is 1.62 bits per heavy atom. The highest BCUT2D eigenvalue weighted by Crippen LogP contribution is 2.23. The number of halogens is 1. The third-order valence-electron chi connectivity index (χ3n) is 1.82. The van der Waals surface area contributed by atoms with E-state index in [2.05, 4.69) is 10.3 Å². The van der Waals surface area contributed by atoms with Crippen LogP contribution in [0.3, 0.4) is 0 Å². The molecule has 0 aliphatic heterocycles. The Bertz CT molecular complexity index is 428. The van der Waals surface area contributed by atoms with Crippen LogP contribution in [0.25, 0.3) is 0 Å². The van der Waals surface area contributed by atoms with Crippen LogP contribution in [-0.2, 0) is 0 Å². The number of pyridine rings is 1. The number of nitrogens with zero attached hydrogens (tertiary/aromatic N) is 2. The van der Waals surface area contributed by atoms with Crippen molar-refractivity contribution in [3.05, 3.63) is 39.0 Å². The number of hydrogen-bond donors (Lipinski definition) is 1. The summed E-state index contributed by atoms with van der Waals surface area (Å²) in [7, 11) is 0. The van der Waals surface area contributed by atoms with Gasteiger partial charge in [0.25, 0.3) is 0 Å². The molecule has 0 spiro atoms. The molecule has 16 heavy (non-hydrogen) atoms. The van der Waals surface area contributed by atoms with Gasteiger partial charge in [-0.2, -0.15) is 0 Å². The number of rotatable bonds is 4. The second kappa shape index (κ2) is 5.46. The molecule has 6 heteroatoms. The molecule has 0 unspecified atom stereocenters. The fourth-order valence-corrected chi connectivity index (χ4v) is 1.20. The van der Waals surface area contributed by atoms with Crippen LogP contribution >= 0.6 is 11.6 Å². The second-order valence-electron chi connectivity index (χ2n) is 3.42. The monoisotopic (exact) mass is 241 g/mol. The van der Waals surface area contributed by atoms with Gasteiger partial charge < -0.3 is 5.32 Å². The molecule has 1 rings (SSSR count). The third-order valence-corrected chi connectivity index (χ3v) is 2.03. The number of aromatic nitrogens is 1. The highest BCUT2D eigenvalue weighted by molar-refractivity contribution is 6.29. The van der Waals surface area contributed by atoms with E-state index in [-0.39, 0.29) is 16.7 Å². The Kier molecular flexibility index (Phi) is 4.25. The summed E-state index contributed by atoms with van der Waals surface area (Å²) in [5, 5.41) is 13.8. The Balaban J connectivity index is 2.88. The van der Waals surface area contributed by atoms with Crippen molar-refractivity contribution in [1.29, 1.82) is 0 Å². The zero-order valence-corrected chi connectivity index (χ0v) is 9.78. The molecule has 0 saturated heterocycles. The van der Waals surface area contributed by atoms with Gasteiger partial charge in [0.15, 0.2) is 0 Å². The Hall–Kier alpha value is -1.62. The average molecular weight is 242 g/mol. The summed E-state index contributed by atoms with van der Waals surface area (Å²) in [5.41, 5.74) is 1.05. The molecule has 86 valence electrons. The zero-order chi connectivity index (χ0) is 12.1. The van der Waals surface area contributed by atoms with Gasteiger partial charge in [0.1, 0.15) is 5.15 Å². The molecule has 5 nitrogen and oxygen atoms in total. The quantitative estimate of drug-likeness (QED) is 0.381. The first kappa shape index (κ1) is 12.4. The van der Waals surface area contributed by atoms with E-state index in [0.29, 0.717) is 6.54 Å². The van der Waals surface area contributed by atoms with Gasteiger partial charge in [0.05, 0.1) is 4.92 Å². The van der Waals surface area contributed by atoms with E-state index < -0.39 is 4.92 Å². The number of anilines is 1. The summed E-state index contributed by atoms with van der Waals surface area (Å²) in [6, 6.07) is 2.73. The largest absolute Gasteiger partial charge is 0.361 e. The standard InChI is InChI=1S/C10H12ClN3O2/c1-7(2)5-6-12-10-8(14(15)16)3-4-9(11)13-10/h3-5H,6H2,1-2H3,(H,12,13). The molecular weight excluding hydrogens is 230 g/mol. The number of allylic oxidation sites excluding steroid dienone is 1. The van der Waals surface area contributed by atoms with Crippen LogP contribution in [-0.4, -0.2) is 16.5 Å². The first-order valence-corrected chi connectivity index (χ1v) is 5.06. The molecule has 0 aliphatic rings. The second-order valence-corrected chi connectivity index (χ2v) is 3.81. The summed E-state index contributed by atoms with van der Waals surface area (Å²) in [6.45, 7) is 4.37. The van der Waals surface area contributed by atoms with Crippen LogP contribution in [0, 0.1) is 10.1 Å². The van der Waals surface area contributed by atoms with Crippen LogP contribution in [0.2, 0.25) is 5.15 Å². The maximum absolute atomic E-state index is 10.7. The molecule has 0 aromatic carbocycles. The highest BCUT2D eigenvalue weighted by Gasteiger charge is 2.14. The molecule has 0 amide bonds. The van der Waals surface area contributed by atoms with E-state index in [4.69, 9.17) is 11.6 Å². The SMILES string of the molecule is CC(C)=CCNc1nc(Cl)ccc1[N+](=O)[O-]. The number of nitrogens with one attached hydrogen (secondary N) is 1. The van der Waals surface area contributed by atoms with Gasteiger partial charge in [-0.25, -0.2) is 4.98 Å². The van der Waals surface area contributed by atoms with Crippen molar-refractivity contribution < 1.29 is 4.92 Å². The van der Waals surface area contributed by atoms with Crippen LogP contribution < -0.4 is 5.32 Å². The molecule has 1 heterocycles. The van der Waals surface area contributed by atoms with Crippen molar-refractivity contribution in [1.82, 2.24) is 4.98 Å². The lowest BCUT2D eigenvalue weighted by Crippen LogP contribution is -2.04. The lowest BCUT2D eigenvalue weighted by atomic mass is 10.3. The number of hydrogen-bond acceptors (Lipinski definition) is 4. The molecule has 0 bridgehead atoms. The fourth-order valence-electron chi connectivity index (χ4n) is 1.06. The third kappa shape index (κ3) is 3.51.